The van der Waals surface area contributed by atoms with Crippen LogP contribution in [0.25, 0.3) is 0 Å². The van der Waals surface area contributed by atoms with Crippen LogP contribution in [-0.4, -0.2) is 37.2 Å². The smallest absolute Gasteiger partial charge is 0.306 e. The van der Waals surface area contributed by atoms with Crippen molar-refractivity contribution in [2.75, 3.05) is 13.2 Å². The van der Waals surface area contributed by atoms with Gasteiger partial charge in [0, 0.05) is 19.3 Å². The van der Waals surface area contributed by atoms with Crippen molar-refractivity contribution in [3.05, 3.63) is 24.3 Å². The summed E-state index contributed by atoms with van der Waals surface area (Å²) in [5, 5.41) is 0. The number of esters is 3. The topological polar surface area (TPSA) is 78.9 Å². The van der Waals surface area contributed by atoms with Gasteiger partial charge in [0.05, 0.1) is 0 Å². The zero-order chi connectivity index (χ0) is 57.1. The Balaban J connectivity index is 4.06. The van der Waals surface area contributed by atoms with E-state index >= 15 is 0 Å². The molecule has 0 heterocycles. The van der Waals surface area contributed by atoms with E-state index in [1.54, 1.807) is 0 Å². The SMILES string of the molecule is CCCCCC/C=C\CCCCCCCC(=O)OCC(COC(=O)CCCCCCCCCCCCCCCCCCCCCCCCCCCCCCCCCCC)OC(=O)CCCCCCC/C=C\CCCCCCCC. The van der Waals surface area contributed by atoms with Crippen molar-refractivity contribution in [3.63, 3.8) is 0 Å². The molecule has 6 heteroatoms. The molecule has 0 aliphatic heterocycles. The first-order chi connectivity index (χ1) is 39.0. The molecule has 0 aliphatic carbocycles. The van der Waals surface area contributed by atoms with Crippen LogP contribution in [0.2, 0.25) is 0 Å². The molecule has 0 radical (unpaired) electrons. The minimum absolute atomic E-state index is 0.0724. The van der Waals surface area contributed by atoms with E-state index in [9.17, 15) is 14.4 Å². The second-order valence-corrected chi connectivity index (χ2v) is 24.5. The molecule has 0 spiro atoms. The zero-order valence-corrected chi connectivity index (χ0v) is 53.7. The molecule has 0 bridgehead atoms. The summed E-state index contributed by atoms with van der Waals surface area (Å²) in [5.41, 5.74) is 0. The Hall–Kier alpha value is -2.11. The van der Waals surface area contributed by atoms with E-state index in [-0.39, 0.29) is 31.1 Å². The van der Waals surface area contributed by atoms with Crippen LogP contribution >= 0.6 is 0 Å². The molecule has 0 saturated carbocycles. The largest absolute Gasteiger partial charge is 0.462 e. The van der Waals surface area contributed by atoms with Crippen molar-refractivity contribution in [1.29, 1.82) is 0 Å². The number of allylic oxidation sites excluding steroid dienone is 4. The van der Waals surface area contributed by atoms with E-state index in [0.29, 0.717) is 19.3 Å². The van der Waals surface area contributed by atoms with Crippen molar-refractivity contribution in [3.8, 4) is 0 Å². The normalized spacial score (nSPS) is 12.1. The first kappa shape index (κ1) is 76.9. The van der Waals surface area contributed by atoms with Gasteiger partial charge in [-0.25, -0.2) is 0 Å². The number of unbranched alkanes of at least 4 members (excludes halogenated alkanes) is 52. The number of carbonyl (C=O) groups is 3. The lowest BCUT2D eigenvalue weighted by atomic mass is 10.0. The van der Waals surface area contributed by atoms with Gasteiger partial charge in [-0.1, -0.05) is 340 Å². The molecule has 0 fully saturated rings. The van der Waals surface area contributed by atoms with Gasteiger partial charge in [0.15, 0.2) is 6.10 Å². The summed E-state index contributed by atoms with van der Waals surface area (Å²) in [6.45, 7) is 6.68. The van der Waals surface area contributed by atoms with Crippen molar-refractivity contribution in [2.45, 2.75) is 412 Å². The number of ether oxygens (including phenoxy) is 3. The first-order valence-electron chi connectivity index (χ1n) is 35.8. The van der Waals surface area contributed by atoms with Crippen molar-refractivity contribution < 1.29 is 28.6 Å². The number of hydrogen-bond donors (Lipinski definition) is 0. The third kappa shape index (κ3) is 66.6. The molecule has 1 atom stereocenters. The number of carbonyl (C=O) groups excluding carboxylic acids is 3. The molecule has 0 amide bonds. The van der Waals surface area contributed by atoms with Gasteiger partial charge < -0.3 is 14.2 Å². The van der Waals surface area contributed by atoms with Crippen LogP contribution in [0.3, 0.4) is 0 Å². The number of hydrogen-bond acceptors (Lipinski definition) is 6. The average molecular weight is 1110 g/mol. The Morgan fingerprint density at radius 1 is 0.241 bits per heavy atom. The highest BCUT2D eigenvalue weighted by molar-refractivity contribution is 5.71. The van der Waals surface area contributed by atoms with Gasteiger partial charge in [-0.15, -0.1) is 0 Å². The Kier molecular flexibility index (Phi) is 66.6. The quantitative estimate of drug-likeness (QED) is 0.0261. The third-order valence-electron chi connectivity index (χ3n) is 16.4. The van der Waals surface area contributed by atoms with Crippen LogP contribution in [-0.2, 0) is 28.6 Å². The summed E-state index contributed by atoms with van der Waals surface area (Å²) in [7, 11) is 0. The summed E-state index contributed by atoms with van der Waals surface area (Å²) < 4.78 is 16.9. The summed E-state index contributed by atoms with van der Waals surface area (Å²) >= 11 is 0. The van der Waals surface area contributed by atoms with E-state index in [1.165, 1.54) is 295 Å². The van der Waals surface area contributed by atoms with Crippen molar-refractivity contribution >= 4 is 17.9 Å². The van der Waals surface area contributed by atoms with Crippen LogP contribution in [0.1, 0.15) is 406 Å². The Labute approximate surface area is 493 Å². The summed E-state index contributed by atoms with van der Waals surface area (Å²) in [6.07, 6.45) is 83.8. The minimum atomic E-state index is -0.777. The molecule has 79 heavy (non-hydrogen) atoms. The van der Waals surface area contributed by atoms with E-state index < -0.39 is 6.10 Å². The maximum atomic E-state index is 12.9. The highest BCUT2D eigenvalue weighted by Crippen LogP contribution is 2.19. The van der Waals surface area contributed by atoms with E-state index in [0.717, 1.165) is 70.6 Å². The second-order valence-electron chi connectivity index (χ2n) is 24.5. The molecule has 0 aromatic rings. The molecule has 6 nitrogen and oxygen atoms in total. The number of rotatable bonds is 67. The van der Waals surface area contributed by atoms with Crippen LogP contribution in [0.5, 0.6) is 0 Å². The fourth-order valence-corrected chi connectivity index (χ4v) is 11.0. The molecule has 466 valence electrons. The van der Waals surface area contributed by atoms with Crippen LogP contribution in [0.15, 0.2) is 24.3 Å². The van der Waals surface area contributed by atoms with E-state index in [4.69, 9.17) is 14.2 Å². The fraction of sp³-hybridized carbons (Fsp3) is 0.904. The molecule has 0 aromatic heterocycles. The average Bonchev–Trinajstić information content (AvgIpc) is 3.45. The van der Waals surface area contributed by atoms with Crippen LogP contribution in [0.4, 0.5) is 0 Å². The van der Waals surface area contributed by atoms with Gasteiger partial charge in [-0.05, 0) is 70.6 Å². The van der Waals surface area contributed by atoms with Gasteiger partial charge in [0.25, 0.3) is 0 Å². The first-order valence-corrected chi connectivity index (χ1v) is 35.8. The molecule has 1 unspecified atom stereocenters. The Bertz CT molecular complexity index is 1270. The Morgan fingerprint density at radius 3 is 0.646 bits per heavy atom. The molecule has 0 rings (SSSR count). The summed E-state index contributed by atoms with van der Waals surface area (Å²) in [5.74, 6) is -0.863. The van der Waals surface area contributed by atoms with Crippen LogP contribution < -0.4 is 0 Å². The highest BCUT2D eigenvalue weighted by atomic mass is 16.6. The molecule has 0 aliphatic rings. The zero-order valence-electron chi connectivity index (χ0n) is 53.7. The summed E-state index contributed by atoms with van der Waals surface area (Å²) in [4.78, 5) is 38.3. The molecule has 0 aromatic carbocycles. The standard InChI is InChI=1S/C73H138O6/c1-4-7-10-13-16-19-22-25-27-28-29-30-31-32-33-34-35-36-37-38-39-40-41-42-43-44-46-48-51-54-57-60-63-66-72(75)78-69-70(68-77-71(74)65-62-59-56-53-50-47-24-21-18-15-12-9-6-3)79-73(76)67-64-61-58-55-52-49-45-26-23-20-17-14-11-8-5-2/h21,24,26,45,70H,4-20,22-23,25,27-44,46-69H2,1-3H3/b24-21-,45-26-. The van der Waals surface area contributed by atoms with Gasteiger partial charge in [-0.3, -0.25) is 14.4 Å². The van der Waals surface area contributed by atoms with Gasteiger partial charge >= 0.3 is 17.9 Å². The third-order valence-corrected chi connectivity index (χ3v) is 16.4. The lowest BCUT2D eigenvalue weighted by molar-refractivity contribution is -0.167. The van der Waals surface area contributed by atoms with E-state index in [1.807, 2.05) is 0 Å². The lowest BCUT2D eigenvalue weighted by Crippen LogP contribution is -2.30. The molecule has 0 saturated heterocycles. The predicted molar refractivity (Wildman–Crippen MR) is 344 cm³/mol. The highest BCUT2D eigenvalue weighted by Gasteiger charge is 2.19. The van der Waals surface area contributed by atoms with Crippen LogP contribution in [0, 0.1) is 0 Å². The maximum Gasteiger partial charge on any atom is 0.306 e. The monoisotopic (exact) mass is 1110 g/mol. The van der Waals surface area contributed by atoms with Gasteiger partial charge in [-0.2, -0.15) is 0 Å². The minimum Gasteiger partial charge on any atom is -0.462 e. The Morgan fingerprint density at radius 2 is 0.418 bits per heavy atom. The van der Waals surface area contributed by atoms with Gasteiger partial charge in [0.2, 0.25) is 0 Å². The molecule has 0 N–H and O–H groups in total. The second kappa shape index (κ2) is 68.4. The molecular weight excluding hydrogens is 973 g/mol. The van der Waals surface area contributed by atoms with E-state index in [2.05, 4.69) is 45.1 Å². The van der Waals surface area contributed by atoms with Crippen molar-refractivity contribution in [2.24, 2.45) is 0 Å². The predicted octanol–water partition coefficient (Wildman–Crippen LogP) is 24.6. The van der Waals surface area contributed by atoms with Crippen molar-refractivity contribution in [1.82, 2.24) is 0 Å². The fourth-order valence-electron chi connectivity index (χ4n) is 11.0. The molecular formula is C73H138O6. The lowest BCUT2D eigenvalue weighted by Gasteiger charge is -2.18. The summed E-state index contributed by atoms with van der Waals surface area (Å²) in [6, 6.07) is 0. The van der Waals surface area contributed by atoms with Gasteiger partial charge in [0.1, 0.15) is 13.2 Å². The maximum absolute atomic E-state index is 12.9.